The van der Waals surface area contributed by atoms with Crippen molar-refractivity contribution < 1.29 is 4.74 Å². The Kier molecular flexibility index (Phi) is 3.85. The fourth-order valence-corrected chi connectivity index (χ4v) is 2.64. The van der Waals surface area contributed by atoms with E-state index in [0.29, 0.717) is 12.0 Å². The van der Waals surface area contributed by atoms with Gasteiger partial charge in [-0.25, -0.2) is 0 Å². The van der Waals surface area contributed by atoms with Crippen LogP contribution in [0.3, 0.4) is 0 Å². The topological polar surface area (TPSA) is 35.2 Å². The van der Waals surface area contributed by atoms with Crippen LogP contribution in [0.25, 0.3) is 0 Å². The van der Waals surface area contributed by atoms with Crippen LogP contribution in [0.4, 0.5) is 0 Å². The summed E-state index contributed by atoms with van der Waals surface area (Å²) in [6, 6.07) is 4.46. The lowest BCUT2D eigenvalue weighted by atomic mass is 9.82. The van der Waals surface area contributed by atoms with Gasteiger partial charge in [0.15, 0.2) is 0 Å². The number of ether oxygens (including phenoxy) is 1. The maximum absolute atomic E-state index is 5.94. The maximum atomic E-state index is 5.94. The van der Waals surface area contributed by atoms with Gasteiger partial charge in [-0.15, -0.1) is 0 Å². The van der Waals surface area contributed by atoms with Crippen molar-refractivity contribution in [3.63, 3.8) is 0 Å². The number of aryl methyl sites for hydroxylation is 3. The standard InChI is InChI=1S/C15H23NO/c1-10-4-11(2)15(12(3)5-10)9-17-14-6-13(7-14)8-16/h4-5,13-14H,6-9,16H2,1-3H3. The third-order valence-corrected chi connectivity index (χ3v) is 3.83. The quantitative estimate of drug-likeness (QED) is 0.868. The Morgan fingerprint density at radius 3 is 2.29 bits per heavy atom. The highest BCUT2D eigenvalue weighted by Crippen LogP contribution is 2.30. The molecular formula is C15H23NO. The smallest absolute Gasteiger partial charge is 0.0725 e. The van der Waals surface area contributed by atoms with Gasteiger partial charge < -0.3 is 10.5 Å². The lowest BCUT2D eigenvalue weighted by Gasteiger charge is -2.34. The molecule has 1 aliphatic carbocycles. The van der Waals surface area contributed by atoms with E-state index in [4.69, 9.17) is 10.5 Å². The van der Waals surface area contributed by atoms with Crippen molar-refractivity contribution in [1.82, 2.24) is 0 Å². The van der Waals surface area contributed by atoms with E-state index >= 15 is 0 Å². The summed E-state index contributed by atoms with van der Waals surface area (Å²) in [5.74, 6) is 0.695. The number of hydrogen-bond donors (Lipinski definition) is 1. The Balaban J connectivity index is 1.91. The normalized spacial score (nSPS) is 23.5. The molecule has 0 amide bonds. The van der Waals surface area contributed by atoms with E-state index in [-0.39, 0.29) is 0 Å². The lowest BCUT2D eigenvalue weighted by molar-refractivity contribution is -0.0379. The van der Waals surface area contributed by atoms with Gasteiger partial charge >= 0.3 is 0 Å². The minimum Gasteiger partial charge on any atom is -0.374 e. The zero-order valence-electron chi connectivity index (χ0n) is 11.1. The molecule has 1 aliphatic rings. The predicted octanol–water partition coefficient (Wildman–Crippen LogP) is 2.87. The maximum Gasteiger partial charge on any atom is 0.0725 e. The minimum absolute atomic E-state index is 0.434. The van der Waals surface area contributed by atoms with Crippen LogP contribution >= 0.6 is 0 Å². The van der Waals surface area contributed by atoms with Crippen molar-refractivity contribution in [3.05, 3.63) is 34.4 Å². The molecule has 0 heterocycles. The number of benzene rings is 1. The van der Waals surface area contributed by atoms with Crippen molar-refractivity contribution in [2.75, 3.05) is 6.54 Å². The molecule has 2 N–H and O–H groups in total. The summed E-state index contributed by atoms with van der Waals surface area (Å²) >= 11 is 0. The monoisotopic (exact) mass is 233 g/mol. The predicted molar refractivity (Wildman–Crippen MR) is 71.0 cm³/mol. The molecule has 1 aromatic rings. The fraction of sp³-hybridized carbons (Fsp3) is 0.600. The highest BCUT2D eigenvalue weighted by molar-refractivity contribution is 5.36. The average molecular weight is 233 g/mol. The van der Waals surface area contributed by atoms with Gasteiger partial charge in [-0.2, -0.15) is 0 Å². The van der Waals surface area contributed by atoms with Gasteiger partial charge in [0.05, 0.1) is 12.7 Å². The largest absolute Gasteiger partial charge is 0.374 e. The summed E-state index contributed by atoms with van der Waals surface area (Å²) < 4.78 is 5.94. The summed E-state index contributed by atoms with van der Waals surface area (Å²) in [6.45, 7) is 8.04. The third-order valence-electron chi connectivity index (χ3n) is 3.83. The number of rotatable bonds is 4. The first kappa shape index (κ1) is 12.6. The van der Waals surface area contributed by atoms with E-state index in [2.05, 4.69) is 32.9 Å². The molecule has 0 aromatic heterocycles. The summed E-state index contributed by atoms with van der Waals surface area (Å²) in [7, 11) is 0. The first-order valence-electron chi connectivity index (χ1n) is 6.48. The second-order valence-corrected chi connectivity index (χ2v) is 5.38. The molecule has 0 spiro atoms. The van der Waals surface area contributed by atoms with E-state index in [1.165, 1.54) is 22.3 Å². The van der Waals surface area contributed by atoms with E-state index in [0.717, 1.165) is 26.0 Å². The molecule has 94 valence electrons. The Hall–Kier alpha value is -0.860. The molecule has 0 unspecified atom stereocenters. The molecule has 2 nitrogen and oxygen atoms in total. The highest BCUT2D eigenvalue weighted by atomic mass is 16.5. The molecule has 2 heteroatoms. The van der Waals surface area contributed by atoms with Crippen LogP contribution in [0.2, 0.25) is 0 Å². The first-order valence-corrected chi connectivity index (χ1v) is 6.48. The molecule has 1 saturated carbocycles. The van der Waals surface area contributed by atoms with E-state index in [1.807, 2.05) is 0 Å². The van der Waals surface area contributed by atoms with Gasteiger partial charge in [0.1, 0.15) is 0 Å². The van der Waals surface area contributed by atoms with Crippen LogP contribution in [0.5, 0.6) is 0 Å². The Morgan fingerprint density at radius 2 is 1.76 bits per heavy atom. The van der Waals surface area contributed by atoms with Crippen LogP contribution in [-0.2, 0) is 11.3 Å². The van der Waals surface area contributed by atoms with Gasteiger partial charge in [-0.1, -0.05) is 17.7 Å². The number of nitrogens with two attached hydrogens (primary N) is 1. The van der Waals surface area contributed by atoms with Crippen LogP contribution in [0.1, 0.15) is 35.1 Å². The van der Waals surface area contributed by atoms with Crippen molar-refractivity contribution in [2.24, 2.45) is 11.7 Å². The fourth-order valence-electron chi connectivity index (χ4n) is 2.64. The third kappa shape index (κ3) is 2.88. The van der Waals surface area contributed by atoms with Gasteiger partial charge in [0.2, 0.25) is 0 Å². The summed E-state index contributed by atoms with van der Waals surface area (Å²) in [5.41, 5.74) is 11.0. The number of hydrogen-bond acceptors (Lipinski definition) is 2. The zero-order valence-corrected chi connectivity index (χ0v) is 11.1. The van der Waals surface area contributed by atoms with Crippen LogP contribution in [-0.4, -0.2) is 12.6 Å². The Bertz CT molecular complexity index is 371. The molecule has 2 rings (SSSR count). The molecule has 1 fully saturated rings. The molecule has 0 radical (unpaired) electrons. The van der Waals surface area contributed by atoms with Crippen LogP contribution in [0, 0.1) is 26.7 Å². The zero-order chi connectivity index (χ0) is 12.4. The van der Waals surface area contributed by atoms with E-state index in [1.54, 1.807) is 0 Å². The molecule has 17 heavy (non-hydrogen) atoms. The van der Waals surface area contributed by atoms with Gasteiger partial charge in [0, 0.05) is 0 Å². The lowest BCUT2D eigenvalue weighted by Crippen LogP contribution is -2.35. The van der Waals surface area contributed by atoms with Gasteiger partial charge in [0.25, 0.3) is 0 Å². The Morgan fingerprint density at radius 1 is 1.18 bits per heavy atom. The molecule has 0 saturated heterocycles. The molecule has 1 aromatic carbocycles. The second kappa shape index (κ2) is 5.19. The second-order valence-electron chi connectivity index (χ2n) is 5.38. The molecular weight excluding hydrogens is 210 g/mol. The Labute approximate surface area is 104 Å². The summed E-state index contributed by atoms with van der Waals surface area (Å²) in [6.07, 6.45) is 2.71. The first-order chi connectivity index (χ1) is 8.10. The van der Waals surface area contributed by atoms with Crippen LogP contribution in [0.15, 0.2) is 12.1 Å². The molecule has 0 aliphatic heterocycles. The SMILES string of the molecule is Cc1cc(C)c(COC2CC(CN)C2)c(C)c1. The van der Waals surface area contributed by atoms with Crippen molar-refractivity contribution in [3.8, 4) is 0 Å². The van der Waals surface area contributed by atoms with E-state index < -0.39 is 0 Å². The highest BCUT2D eigenvalue weighted by Gasteiger charge is 2.28. The molecule has 0 atom stereocenters. The minimum atomic E-state index is 0.434. The van der Waals surface area contributed by atoms with Crippen molar-refractivity contribution in [1.29, 1.82) is 0 Å². The van der Waals surface area contributed by atoms with Crippen molar-refractivity contribution >= 4 is 0 Å². The van der Waals surface area contributed by atoms with Gasteiger partial charge in [-0.3, -0.25) is 0 Å². The average Bonchev–Trinajstić information content (AvgIpc) is 2.18. The summed E-state index contributed by atoms with van der Waals surface area (Å²) in [5, 5.41) is 0. The van der Waals surface area contributed by atoms with Crippen LogP contribution < -0.4 is 5.73 Å². The molecule has 0 bridgehead atoms. The van der Waals surface area contributed by atoms with E-state index in [9.17, 15) is 0 Å². The van der Waals surface area contributed by atoms with Gasteiger partial charge in [-0.05, 0) is 62.8 Å². The summed E-state index contributed by atoms with van der Waals surface area (Å²) in [4.78, 5) is 0. The van der Waals surface area contributed by atoms with Crippen molar-refractivity contribution in [2.45, 2.75) is 46.3 Å².